The van der Waals surface area contributed by atoms with Gasteiger partial charge >= 0.3 is 0 Å². The molecule has 0 atom stereocenters. The van der Waals surface area contributed by atoms with E-state index >= 15 is 0 Å². The Morgan fingerprint density at radius 2 is 1.96 bits per heavy atom. The summed E-state index contributed by atoms with van der Waals surface area (Å²) < 4.78 is 0. The van der Waals surface area contributed by atoms with Crippen LogP contribution in [0.4, 0.5) is 5.82 Å². The first kappa shape index (κ1) is 17.4. The van der Waals surface area contributed by atoms with E-state index in [2.05, 4.69) is 33.2 Å². The summed E-state index contributed by atoms with van der Waals surface area (Å²) in [5, 5.41) is 2.96. The Bertz CT molecular complexity index is 751. The second kappa shape index (κ2) is 7.64. The standard InChI is InChI=1S/C20H26N4O/c1-14-7-9-24(10-8-14)19-12-18(22-16(3)23-19)20(25)21-13-17-6-4-5-15(2)11-17/h4-6,11-12,14H,7-10,13H2,1-3H3,(H,21,25). The van der Waals surface area contributed by atoms with Crippen LogP contribution >= 0.6 is 0 Å². The molecule has 0 spiro atoms. The lowest BCUT2D eigenvalue weighted by Gasteiger charge is -2.31. The van der Waals surface area contributed by atoms with Crippen LogP contribution in [0.25, 0.3) is 0 Å². The molecule has 1 aliphatic heterocycles. The van der Waals surface area contributed by atoms with Gasteiger partial charge in [-0.25, -0.2) is 9.97 Å². The summed E-state index contributed by atoms with van der Waals surface area (Å²) in [4.78, 5) is 23.6. The fourth-order valence-corrected chi connectivity index (χ4v) is 3.16. The molecule has 2 heterocycles. The van der Waals surface area contributed by atoms with Gasteiger partial charge in [-0.05, 0) is 38.2 Å². The zero-order valence-electron chi connectivity index (χ0n) is 15.2. The lowest BCUT2D eigenvalue weighted by Crippen LogP contribution is -2.34. The molecule has 1 aliphatic rings. The highest BCUT2D eigenvalue weighted by atomic mass is 16.1. The highest BCUT2D eigenvalue weighted by Crippen LogP contribution is 2.22. The molecule has 0 aliphatic carbocycles. The van der Waals surface area contributed by atoms with Crippen molar-refractivity contribution in [2.45, 2.75) is 40.2 Å². The SMILES string of the molecule is Cc1cccc(CNC(=O)c2cc(N3CCC(C)CC3)nc(C)n2)c1. The van der Waals surface area contributed by atoms with Crippen LogP contribution in [0.5, 0.6) is 0 Å². The Balaban J connectivity index is 1.69. The van der Waals surface area contributed by atoms with Crippen LogP contribution in [0.1, 0.15) is 47.2 Å². The van der Waals surface area contributed by atoms with E-state index in [0.29, 0.717) is 18.1 Å². The van der Waals surface area contributed by atoms with Gasteiger partial charge in [0.1, 0.15) is 17.3 Å². The fourth-order valence-electron chi connectivity index (χ4n) is 3.16. The summed E-state index contributed by atoms with van der Waals surface area (Å²) in [7, 11) is 0. The molecule has 1 aromatic carbocycles. The minimum Gasteiger partial charge on any atom is -0.356 e. The van der Waals surface area contributed by atoms with Crippen molar-refractivity contribution in [3.8, 4) is 0 Å². The number of carbonyl (C=O) groups is 1. The van der Waals surface area contributed by atoms with Crippen LogP contribution in [0.3, 0.4) is 0 Å². The van der Waals surface area contributed by atoms with Gasteiger partial charge in [-0.1, -0.05) is 36.8 Å². The van der Waals surface area contributed by atoms with Crippen LogP contribution in [0, 0.1) is 19.8 Å². The molecule has 2 aromatic rings. The molecule has 1 amide bonds. The Kier molecular flexibility index (Phi) is 5.31. The maximum absolute atomic E-state index is 12.5. The summed E-state index contributed by atoms with van der Waals surface area (Å²) >= 11 is 0. The van der Waals surface area contributed by atoms with Gasteiger partial charge in [-0.2, -0.15) is 0 Å². The molecule has 3 rings (SSSR count). The predicted octanol–water partition coefficient (Wildman–Crippen LogP) is 3.26. The molecule has 132 valence electrons. The van der Waals surface area contributed by atoms with Crippen LogP contribution in [-0.4, -0.2) is 29.0 Å². The summed E-state index contributed by atoms with van der Waals surface area (Å²) in [5.74, 6) is 2.10. The Hall–Kier alpha value is -2.43. The van der Waals surface area contributed by atoms with Crippen LogP contribution in [0.15, 0.2) is 30.3 Å². The number of piperidine rings is 1. The monoisotopic (exact) mass is 338 g/mol. The third-order valence-electron chi connectivity index (χ3n) is 4.70. The van der Waals surface area contributed by atoms with Crippen molar-refractivity contribution in [2.24, 2.45) is 5.92 Å². The number of carbonyl (C=O) groups excluding carboxylic acids is 1. The number of anilines is 1. The van der Waals surface area contributed by atoms with Crippen molar-refractivity contribution in [1.29, 1.82) is 0 Å². The molecule has 5 heteroatoms. The van der Waals surface area contributed by atoms with E-state index in [0.717, 1.165) is 43.2 Å². The average Bonchev–Trinajstić information content (AvgIpc) is 2.60. The molecular weight excluding hydrogens is 312 g/mol. The van der Waals surface area contributed by atoms with Crippen molar-refractivity contribution in [3.05, 3.63) is 53.0 Å². The van der Waals surface area contributed by atoms with E-state index in [9.17, 15) is 4.79 Å². The largest absolute Gasteiger partial charge is 0.356 e. The van der Waals surface area contributed by atoms with Crippen molar-refractivity contribution < 1.29 is 4.79 Å². The number of aryl methyl sites for hydroxylation is 2. The van der Waals surface area contributed by atoms with Gasteiger partial charge in [0.2, 0.25) is 0 Å². The number of rotatable bonds is 4. The van der Waals surface area contributed by atoms with Crippen molar-refractivity contribution in [1.82, 2.24) is 15.3 Å². The average molecular weight is 338 g/mol. The number of aromatic nitrogens is 2. The minimum atomic E-state index is -0.154. The third kappa shape index (κ3) is 4.56. The van der Waals surface area contributed by atoms with E-state index < -0.39 is 0 Å². The molecule has 0 unspecified atom stereocenters. The smallest absolute Gasteiger partial charge is 0.270 e. The molecule has 1 N–H and O–H groups in total. The molecule has 1 saturated heterocycles. The van der Waals surface area contributed by atoms with Gasteiger partial charge in [0, 0.05) is 25.7 Å². The second-order valence-corrected chi connectivity index (χ2v) is 7.00. The molecule has 0 bridgehead atoms. The van der Waals surface area contributed by atoms with Crippen LogP contribution < -0.4 is 10.2 Å². The Labute approximate surface area is 149 Å². The maximum Gasteiger partial charge on any atom is 0.270 e. The van der Waals surface area contributed by atoms with Gasteiger partial charge < -0.3 is 10.2 Å². The lowest BCUT2D eigenvalue weighted by atomic mass is 9.99. The fraction of sp³-hybridized carbons (Fsp3) is 0.450. The summed E-state index contributed by atoms with van der Waals surface area (Å²) in [6.45, 7) is 8.65. The van der Waals surface area contributed by atoms with E-state index in [4.69, 9.17) is 0 Å². The number of nitrogens with zero attached hydrogens (tertiary/aromatic N) is 3. The number of hydrogen-bond donors (Lipinski definition) is 1. The number of nitrogens with one attached hydrogen (secondary N) is 1. The first-order valence-corrected chi connectivity index (χ1v) is 8.95. The van der Waals surface area contributed by atoms with Crippen molar-refractivity contribution in [3.63, 3.8) is 0 Å². The molecule has 1 aromatic heterocycles. The summed E-state index contributed by atoms with van der Waals surface area (Å²) in [6.07, 6.45) is 2.33. The molecular formula is C20H26N4O. The number of benzene rings is 1. The lowest BCUT2D eigenvalue weighted by molar-refractivity contribution is 0.0945. The van der Waals surface area contributed by atoms with E-state index in [1.165, 1.54) is 5.56 Å². The topological polar surface area (TPSA) is 58.1 Å². The van der Waals surface area contributed by atoms with Crippen molar-refractivity contribution >= 4 is 11.7 Å². The van der Waals surface area contributed by atoms with Crippen LogP contribution in [0.2, 0.25) is 0 Å². The normalized spacial score (nSPS) is 15.2. The minimum absolute atomic E-state index is 0.154. The molecule has 25 heavy (non-hydrogen) atoms. The van der Waals surface area contributed by atoms with E-state index in [-0.39, 0.29) is 5.91 Å². The first-order valence-electron chi connectivity index (χ1n) is 8.95. The summed E-state index contributed by atoms with van der Waals surface area (Å²) in [5.41, 5.74) is 2.71. The summed E-state index contributed by atoms with van der Waals surface area (Å²) in [6, 6.07) is 9.95. The predicted molar refractivity (Wildman–Crippen MR) is 99.7 cm³/mol. The van der Waals surface area contributed by atoms with Gasteiger partial charge in [-0.3, -0.25) is 4.79 Å². The molecule has 1 fully saturated rings. The molecule has 0 radical (unpaired) electrons. The van der Waals surface area contributed by atoms with E-state index in [1.54, 1.807) is 0 Å². The number of hydrogen-bond acceptors (Lipinski definition) is 4. The van der Waals surface area contributed by atoms with E-state index in [1.807, 2.05) is 38.1 Å². The number of amides is 1. The van der Waals surface area contributed by atoms with Gasteiger partial charge in [0.15, 0.2) is 0 Å². The zero-order valence-corrected chi connectivity index (χ0v) is 15.2. The third-order valence-corrected chi connectivity index (χ3v) is 4.70. The zero-order chi connectivity index (χ0) is 17.8. The molecule has 0 saturated carbocycles. The first-order chi connectivity index (χ1) is 12.0. The highest BCUT2D eigenvalue weighted by Gasteiger charge is 2.19. The Morgan fingerprint density at radius 1 is 1.20 bits per heavy atom. The molecule has 5 nitrogen and oxygen atoms in total. The van der Waals surface area contributed by atoms with Gasteiger partial charge in [-0.15, -0.1) is 0 Å². The quantitative estimate of drug-likeness (QED) is 0.929. The Morgan fingerprint density at radius 3 is 2.68 bits per heavy atom. The van der Waals surface area contributed by atoms with Crippen molar-refractivity contribution in [2.75, 3.05) is 18.0 Å². The second-order valence-electron chi connectivity index (χ2n) is 7.00. The van der Waals surface area contributed by atoms with Gasteiger partial charge in [0.05, 0.1) is 0 Å². The maximum atomic E-state index is 12.5. The highest BCUT2D eigenvalue weighted by molar-refractivity contribution is 5.92. The van der Waals surface area contributed by atoms with Crippen LogP contribution in [-0.2, 0) is 6.54 Å². The van der Waals surface area contributed by atoms with Gasteiger partial charge in [0.25, 0.3) is 5.91 Å².